The summed E-state index contributed by atoms with van der Waals surface area (Å²) in [5.74, 6) is -1.65. The van der Waals surface area contributed by atoms with Gasteiger partial charge in [0.25, 0.3) is 11.8 Å². The van der Waals surface area contributed by atoms with E-state index in [4.69, 9.17) is 11.5 Å². The smallest absolute Gasteiger partial charge is 0.254 e. The van der Waals surface area contributed by atoms with Crippen molar-refractivity contribution in [1.82, 2.24) is 0 Å². The zero-order valence-electron chi connectivity index (χ0n) is 9.59. The van der Waals surface area contributed by atoms with Crippen LogP contribution in [0.25, 0.3) is 16.8 Å². The Hall–Kier alpha value is -2.62. The summed E-state index contributed by atoms with van der Waals surface area (Å²) in [6.45, 7) is 0. The van der Waals surface area contributed by atoms with E-state index in [1.54, 1.807) is 6.07 Å². The molecule has 4 N–H and O–H groups in total. The molecule has 0 aliphatic carbocycles. The SMILES string of the molecule is NC(=O)C(=Cc1ccc2ccccc2c1)C(N)=O. The average Bonchev–Trinajstić information content (AvgIpc) is 2.35. The first kappa shape index (κ1) is 11.9. The van der Waals surface area contributed by atoms with Crippen LogP contribution in [0.3, 0.4) is 0 Å². The summed E-state index contributed by atoms with van der Waals surface area (Å²) in [4.78, 5) is 22.1. The molecule has 0 radical (unpaired) electrons. The molecule has 0 saturated carbocycles. The highest BCUT2D eigenvalue weighted by Crippen LogP contribution is 2.17. The molecule has 0 aliphatic heterocycles. The van der Waals surface area contributed by atoms with Gasteiger partial charge < -0.3 is 11.5 Å². The van der Waals surface area contributed by atoms with Crippen LogP contribution in [0.15, 0.2) is 48.0 Å². The van der Waals surface area contributed by atoms with E-state index in [1.165, 1.54) is 6.08 Å². The first-order chi connectivity index (χ1) is 8.58. The molecule has 0 fully saturated rings. The molecule has 0 bridgehead atoms. The van der Waals surface area contributed by atoms with Crippen LogP contribution >= 0.6 is 0 Å². The van der Waals surface area contributed by atoms with Gasteiger partial charge in [0, 0.05) is 0 Å². The van der Waals surface area contributed by atoms with Crippen LogP contribution in [-0.4, -0.2) is 11.8 Å². The highest BCUT2D eigenvalue weighted by atomic mass is 16.2. The second kappa shape index (κ2) is 4.71. The van der Waals surface area contributed by atoms with Gasteiger partial charge in [-0.25, -0.2) is 0 Å². The maximum Gasteiger partial charge on any atom is 0.254 e. The molecule has 0 unspecified atom stereocenters. The van der Waals surface area contributed by atoms with Gasteiger partial charge in [-0.15, -0.1) is 0 Å². The molecule has 2 rings (SSSR count). The Labute approximate surface area is 104 Å². The summed E-state index contributed by atoms with van der Waals surface area (Å²) in [6, 6.07) is 13.3. The quantitative estimate of drug-likeness (QED) is 0.479. The molecule has 0 heterocycles. The van der Waals surface area contributed by atoms with Gasteiger partial charge in [0.1, 0.15) is 5.57 Å². The third-order valence-electron chi connectivity index (χ3n) is 2.62. The lowest BCUT2D eigenvalue weighted by Gasteiger charge is -2.01. The summed E-state index contributed by atoms with van der Waals surface area (Å²) in [5, 5.41) is 2.09. The van der Waals surface area contributed by atoms with Crippen LogP contribution in [0.4, 0.5) is 0 Å². The van der Waals surface area contributed by atoms with Crippen molar-refractivity contribution in [3.05, 3.63) is 53.6 Å². The Morgan fingerprint density at radius 3 is 2.11 bits per heavy atom. The van der Waals surface area contributed by atoms with Crippen molar-refractivity contribution in [3.63, 3.8) is 0 Å². The maximum atomic E-state index is 11.1. The molecule has 18 heavy (non-hydrogen) atoms. The maximum absolute atomic E-state index is 11.1. The predicted octanol–water partition coefficient (Wildman–Crippen LogP) is 1.19. The number of primary amides is 2. The van der Waals surface area contributed by atoms with Gasteiger partial charge >= 0.3 is 0 Å². The minimum Gasteiger partial charge on any atom is -0.365 e. The number of nitrogens with two attached hydrogens (primary N) is 2. The van der Waals surface area contributed by atoms with Crippen molar-refractivity contribution >= 4 is 28.7 Å². The lowest BCUT2D eigenvalue weighted by atomic mass is 10.0. The van der Waals surface area contributed by atoms with Gasteiger partial charge in [0.05, 0.1) is 0 Å². The van der Waals surface area contributed by atoms with Crippen LogP contribution in [-0.2, 0) is 9.59 Å². The number of hydrogen-bond donors (Lipinski definition) is 2. The first-order valence-electron chi connectivity index (χ1n) is 5.38. The highest BCUT2D eigenvalue weighted by Gasteiger charge is 2.11. The van der Waals surface area contributed by atoms with Crippen LogP contribution in [0, 0.1) is 0 Å². The first-order valence-corrected chi connectivity index (χ1v) is 5.38. The van der Waals surface area contributed by atoms with Gasteiger partial charge in [-0.05, 0) is 28.5 Å². The monoisotopic (exact) mass is 240 g/mol. The number of hydrogen-bond acceptors (Lipinski definition) is 2. The minimum absolute atomic E-state index is 0.203. The molecule has 2 aromatic rings. The van der Waals surface area contributed by atoms with Crippen LogP contribution in [0.1, 0.15) is 5.56 Å². The van der Waals surface area contributed by atoms with E-state index in [1.807, 2.05) is 36.4 Å². The molecule has 0 atom stereocenters. The van der Waals surface area contributed by atoms with E-state index in [0.717, 1.165) is 10.8 Å². The van der Waals surface area contributed by atoms with Gasteiger partial charge in [-0.1, -0.05) is 36.4 Å². The zero-order valence-corrected chi connectivity index (χ0v) is 9.59. The van der Waals surface area contributed by atoms with Gasteiger partial charge in [-0.3, -0.25) is 9.59 Å². The summed E-state index contributed by atoms with van der Waals surface area (Å²) in [7, 11) is 0. The fourth-order valence-electron chi connectivity index (χ4n) is 1.73. The molecule has 4 nitrogen and oxygen atoms in total. The fraction of sp³-hybridized carbons (Fsp3) is 0. The third-order valence-corrected chi connectivity index (χ3v) is 2.62. The molecule has 2 aromatic carbocycles. The van der Waals surface area contributed by atoms with E-state index >= 15 is 0 Å². The molecule has 0 aromatic heterocycles. The number of rotatable bonds is 3. The lowest BCUT2D eigenvalue weighted by Crippen LogP contribution is -2.25. The molecule has 0 saturated heterocycles. The normalized spacial score (nSPS) is 10.0. The molecular formula is C14H12N2O2. The summed E-state index contributed by atoms with van der Waals surface area (Å²) in [5.41, 5.74) is 10.7. The van der Waals surface area contributed by atoms with Crippen molar-refractivity contribution in [3.8, 4) is 0 Å². The van der Waals surface area contributed by atoms with Crippen molar-refractivity contribution in [1.29, 1.82) is 0 Å². The number of carbonyl (C=O) groups excluding carboxylic acids is 2. The molecule has 0 spiro atoms. The van der Waals surface area contributed by atoms with E-state index in [2.05, 4.69) is 0 Å². The Bertz CT molecular complexity index is 644. The summed E-state index contributed by atoms with van der Waals surface area (Å²) in [6.07, 6.45) is 1.40. The molecule has 4 heteroatoms. The molecular weight excluding hydrogens is 228 g/mol. The molecule has 0 aliphatic rings. The topological polar surface area (TPSA) is 86.2 Å². The van der Waals surface area contributed by atoms with Gasteiger partial charge in [-0.2, -0.15) is 0 Å². The lowest BCUT2D eigenvalue weighted by molar-refractivity contribution is -0.120. The number of carbonyl (C=O) groups is 2. The van der Waals surface area contributed by atoms with Crippen molar-refractivity contribution in [2.75, 3.05) is 0 Å². The Balaban J connectivity index is 2.51. The summed E-state index contributed by atoms with van der Waals surface area (Å²) < 4.78 is 0. The van der Waals surface area contributed by atoms with Crippen LogP contribution < -0.4 is 11.5 Å². The van der Waals surface area contributed by atoms with Crippen molar-refractivity contribution in [2.45, 2.75) is 0 Å². The second-order valence-electron chi connectivity index (χ2n) is 3.89. The number of fused-ring (bicyclic) bond motifs is 1. The Morgan fingerprint density at radius 1 is 0.889 bits per heavy atom. The fourth-order valence-corrected chi connectivity index (χ4v) is 1.73. The number of amides is 2. The zero-order chi connectivity index (χ0) is 13.1. The molecule has 2 amide bonds. The Morgan fingerprint density at radius 2 is 1.50 bits per heavy atom. The standard InChI is InChI=1S/C14H12N2O2/c15-13(17)12(14(16)18)8-9-5-6-10-3-1-2-4-11(10)7-9/h1-8H,(H2,15,17)(H2,16,18). The number of benzene rings is 2. The Kier molecular flexibility index (Phi) is 3.10. The predicted molar refractivity (Wildman–Crippen MR) is 70.3 cm³/mol. The minimum atomic E-state index is -0.823. The largest absolute Gasteiger partial charge is 0.365 e. The van der Waals surface area contributed by atoms with Crippen molar-refractivity contribution < 1.29 is 9.59 Å². The van der Waals surface area contributed by atoms with E-state index in [0.29, 0.717) is 5.56 Å². The second-order valence-corrected chi connectivity index (χ2v) is 3.89. The third kappa shape index (κ3) is 2.38. The average molecular weight is 240 g/mol. The van der Waals surface area contributed by atoms with Crippen LogP contribution in [0.5, 0.6) is 0 Å². The summed E-state index contributed by atoms with van der Waals surface area (Å²) >= 11 is 0. The van der Waals surface area contributed by atoms with E-state index in [-0.39, 0.29) is 5.57 Å². The van der Waals surface area contributed by atoms with Gasteiger partial charge in [0.2, 0.25) is 0 Å². The highest BCUT2D eigenvalue weighted by molar-refractivity contribution is 6.20. The van der Waals surface area contributed by atoms with E-state index in [9.17, 15) is 9.59 Å². The van der Waals surface area contributed by atoms with Crippen molar-refractivity contribution in [2.24, 2.45) is 11.5 Å². The van der Waals surface area contributed by atoms with E-state index < -0.39 is 11.8 Å². The van der Waals surface area contributed by atoms with Gasteiger partial charge in [0.15, 0.2) is 0 Å². The molecule has 90 valence electrons. The van der Waals surface area contributed by atoms with Crippen LogP contribution in [0.2, 0.25) is 0 Å².